The fourth-order valence-corrected chi connectivity index (χ4v) is 4.43. The van der Waals surface area contributed by atoms with Gasteiger partial charge >= 0.3 is 0 Å². The van der Waals surface area contributed by atoms with E-state index in [1.807, 2.05) is 104 Å². The number of aromatic nitrogens is 3. The van der Waals surface area contributed by atoms with E-state index in [0.29, 0.717) is 24.9 Å². The summed E-state index contributed by atoms with van der Waals surface area (Å²) in [6.07, 6.45) is 8.28. The van der Waals surface area contributed by atoms with Crippen LogP contribution in [0, 0.1) is 0 Å². The normalized spacial score (nSPS) is 11.2. The summed E-state index contributed by atoms with van der Waals surface area (Å²) in [5.41, 5.74) is 7.71. The molecule has 5 rings (SSSR count). The molecule has 40 heavy (non-hydrogen) atoms. The molecule has 0 atom stereocenters. The molecule has 9 heteroatoms. The number of hydrogen-bond donors (Lipinski definition) is 2. The monoisotopic (exact) mass is 533 g/mol. The zero-order chi connectivity index (χ0) is 27.9. The molecular weight excluding hydrogens is 502 g/mol. The second kappa shape index (κ2) is 12.1. The number of rotatable bonds is 10. The SMILES string of the molecule is CN(C)c1cccc(NC(=O)CCCn2ccc3cc(C(=O)N/N=C/c4cccc(-n5cccn5)c4)ccc32)c1. The Morgan fingerprint density at radius 2 is 1.85 bits per heavy atom. The van der Waals surface area contributed by atoms with Crippen LogP contribution in [0.1, 0.15) is 28.8 Å². The zero-order valence-electron chi connectivity index (χ0n) is 22.5. The molecule has 0 spiro atoms. The average Bonchev–Trinajstić information content (AvgIpc) is 3.64. The Labute approximate surface area is 232 Å². The molecule has 9 nitrogen and oxygen atoms in total. The minimum absolute atomic E-state index is 0.0139. The predicted octanol–water partition coefficient (Wildman–Crippen LogP) is 5.08. The van der Waals surface area contributed by atoms with Crippen LogP contribution in [0.25, 0.3) is 16.6 Å². The third-order valence-electron chi connectivity index (χ3n) is 6.50. The van der Waals surface area contributed by atoms with E-state index < -0.39 is 0 Å². The van der Waals surface area contributed by atoms with Crippen LogP contribution in [-0.4, -0.2) is 46.5 Å². The number of hydrogen-bond acceptors (Lipinski definition) is 5. The van der Waals surface area contributed by atoms with Crippen molar-refractivity contribution in [2.75, 3.05) is 24.3 Å². The molecule has 0 fully saturated rings. The van der Waals surface area contributed by atoms with Crippen molar-refractivity contribution in [3.8, 4) is 5.69 Å². The lowest BCUT2D eigenvalue weighted by Gasteiger charge is -2.14. The average molecular weight is 534 g/mol. The summed E-state index contributed by atoms with van der Waals surface area (Å²) in [6, 6.07) is 24.9. The molecular formula is C31H31N7O2. The minimum Gasteiger partial charge on any atom is -0.378 e. The summed E-state index contributed by atoms with van der Waals surface area (Å²) in [7, 11) is 3.94. The summed E-state index contributed by atoms with van der Waals surface area (Å²) in [6.45, 7) is 0.697. The van der Waals surface area contributed by atoms with Gasteiger partial charge in [-0.2, -0.15) is 10.2 Å². The van der Waals surface area contributed by atoms with E-state index in [-0.39, 0.29) is 11.8 Å². The number of carbonyl (C=O) groups is 2. The number of benzene rings is 3. The first-order valence-electron chi connectivity index (χ1n) is 13.1. The molecule has 0 radical (unpaired) electrons. The highest BCUT2D eigenvalue weighted by molar-refractivity contribution is 5.98. The van der Waals surface area contributed by atoms with Crippen molar-refractivity contribution in [2.24, 2.45) is 5.10 Å². The van der Waals surface area contributed by atoms with Crippen LogP contribution >= 0.6 is 0 Å². The predicted molar refractivity (Wildman–Crippen MR) is 159 cm³/mol. The quantitative estimate of drug-likeness (QED) is 0.193. The van der Waals surface area contributed by atoms with E-state index in [0.717, 1.165) is 33.5 Å². The van der Waals surface area contributed by atoms with Gasteiger partial charge in [-0.1, -0.05) is 18.2 Å². The number of anilines is 2. The highest BCUT2D eigenvalue weighted by Crippen LogP contribution is 2.20. The number of nitrogens with one attached hydrogen (secondary N) is 2. The van der Waals surface area contributed by atoms with Crippen LogP contribution in [0.4, 0.5) is 11.4 Å². The van der Waals surface area contributed by atoms with Crippen molar-refractivity contribution in [1.29, 1.82) is 0 Å². The van der Waals surface area contributed by atoms with Gasteiger partial charge in [-0.25, -0.2) is 10.1 Å². The van der Waals surface area contributed by atoms with Gasteiger partial charge in [0.2, 0.25) is 5.91 Å². The van der Waals surface area contributed by atoms with Crippen LogP contribution in [0.15, 0.2) is 103 Å². The molecule has 0 saturated carbocycles. The Morgan fingerprint density at radius 3 is 2.67 bits per heavy atom. The number of fused-ring (bicyclic) bond motifs is 1. The largest absolute Gasteiger partial charge is 0.378 e. The van der Waals surface area contributed by atoms with Crippen molar-refractivity contribution < 1.29 is 9.59 Å². The summed E-state index contributed by atoms with van der Waals surface area (Å²) >= 11 is 0. The molecule has 0 aliphatic rings. The van der Waals surface area contributed by atoms with Crippen molar-refractivity contribution in [1.82, 2.24) is 19.8 Å². The third kappa shape index (κ3) is 6.44. The Morgan fingerprint density at radius 1 is 0.975 bits per heavy atom. The third-order valence-corrected chi connectivity index (χ3v) is 6.50. The Balaban J connectivity index is 1.14. The van der Waals surface area contributed by atoms with Gasteiger partial charge in [-0.3, -0.25) is 9.59 Å². The summed E-state index contributed by atoms with van der Waals surface area (Å²) in [5, 5.41) is 12.3. The van der Waals surface area contributed by atoms with Crippen molar-refractivity contribution in [2.45, 2.75) is 19.4 Å². The summed E-state index contributed by atoms with van der Waals surface area (Å²) in [5.74, 6) is -0.302. The van der Waals surface area contributed by atoms with Crippen LogP contribution in [-0.2, 0) is 11.3 Å². The summed E-state index contributed by atoms with van der Waals surface area (Å²) < 4.78 is 3.86. The fraction of sp³-hybridized carbons (Fsp3) is 0.161. The van der Waals surface area contributed by atoms with Crippen LogP contribution < -0.4 is 15.6 Å². The first-order chi connectivity index (χ1) is 19.5. The molecule has 5 aromatic rings. The number of aryl methyl sites for hydroxylation is 1. The molecule has 0 saturated heterocycles. The molecule has 2 aromatic heterocycles. The highest BCUT2D eigenvalue weighted by Gasteiger charge is 2.09. The van der Waals surface area contributed by atoms with Crippen molar-refractivity contribution in [3.63, 3.8) is 0 Å². The molecule has 0 aliphatic heterocycles. The van der Waals surface area contributed by atoms with E-state index in [9.17, 15) is 9.59 Å². The smallest absolute Gasteiger partial charge is 0.271 e. The number of amides is 2. The topological polar surface area (TPSA) is 96.5 Å². The lowest BCUT2D eigenvalue weighted by atomic mass is 10.1. The van der Waals surface area contributed by atoms with E-state index in [2.05, 4.69) is 25.5 Å². The molecule has 2 amide bonds. The van der Waals surface area contributed by atoms with Gasteiger partial charge in [-0.05, 0) is 72.6 Å². The van der Waals surface area contributed by atoms with Crippen molar-refractivity contribution >= 4 is 40.3 Å². The Kier molecular flexibility index (Phi) is 8.01. The number of hydrazone groups is 1. The molecule has 2 N–H and O–H groups in total. The standard InChI is InChI=1S/C31H31N7O2/c1-36(2)27-9-4-8-26(21-27)34-30(39)11-5-16-37-18-14-24-20-25(12-13-29(24)37)31(40)35-32-22-23-7-3-10-28(19-23)38-17-6-15-33-38/h3-4,6-10,12-15,17-22H,5,11,16H2,1-2H3,(H,34,39)(H,35,40)/b32-22+. The highest BCUT2D eigenvalue weighted by atomic mass is 16.2. The van der Waals surface area contributed by atoms with Gasteiger partial charge in [0.25, 0.3) is 5.91 Å². The van der Waals surface area contributed by atoms with Crippen LogP contribution in [0.2, 0.25) is 0 Å². The minimum atomic E-state index is -0.288. The van der Waals surface area contributed by atoms with Crippen LogP contribution in [0.5, 0.6) is 0 Å². The molecule has 0 unspecified atom stereocenters. The Hall–Kier alpha value is -5.18. The van der Waals surface area contributed by atoms with E-state index >= 15 is 0 Å². The molecule has 3 aromatic carbocycles. The van der Waals surface area contributed by atoms with Gasteiger partial charge in [0.1, 0.15) is 0 Å². The first-order valence-corrected chi connectivity index (χ1v) is 13.1. The van der Waals surface area contributed by atoms with Gasteiger partial charge in [0, 0.05) is 73.5 Å². The first kappa shape index (κ1) is 26.4. The lowest BCUT2D eigenvalue weighted by molar-refractivity contribution is -0.116. The second-order valence-electron chi connectivity index (χ2n) is 9.62. The Bertz CT molecular complexity index is 1650. The van der Waals surface area contributed by atoms with Crippen molar-refractivity contribution in [3.05, 3.63) is 109 Å². The number of carbonyl (C=O) groups excluding carboxylic acids is 2. The molecule has 0 bridgehead atoms. The zero-order valence-corrected chi connectivity index (χ0v) is 22.5. The van der Waals surface area contributed by atoms with E-state index in [1.165, 1.54) is 0 Å². The maximum absolute atomic E-state index is 12.7. The van der Waals surface area contributed by atoms with Gasteiger partial charge in [0.05, 0.1) is 11.9 Å². The van der Waals surface area contributed by atoms with Gasteiger partial charge < -0.3 is 14.8 Å². The molecule has 0 aliphatic carbocycles. The molecule has 202 valence electrons. The summed E-state index contributed by atoms with van der Waals surface area (Å²) in [4.78, 5) is 27.2. The lowest BCUT2D eigenvalue weighted by Crippen LogP contribution is -2.17. The maximum atomic E-state index is 12.7. The van der Waals surface area contributed by atoms with E-state index in [4.69, 9.17) is 0 Å². The fourth-order valence-electron chi connectivity index (χ4n) is 4.43. The van der Waals surface area contributed by atoms with Gasteiger partial charge in [0.15, 0.2) is 0 Å². The molecule has 2 heterocycles. The second-order valence-corrected chi connectivity index (χ2v) is 9.62. The van der Waals surface area contributed by atoms with Gasteiger partial charge in [-0.15, -0.1) is 0 Å². The maximum Gasteiger partial charge on any atom is 0.271 e. The van der Waals surface area contributed by atoms with E-state index in [1.54, 1.807) is 23.2 Å². The van der Waals surface area contributed by atoms with Crippen LogP contribution in [0.3, 0.4) is 0 Å². The number of nitrogens with zero attached hydrogens (tertiary/aromatic N) is 5.